The summed E-state index contributed by atoms with van der Waals surface area (Å²) in [7, 11) is 1.30. The summed E-state index contributed by atoms with van der Waals surface area (Å²) in [6.07, 6.45) is 2.52. The Morgan fingerprint density at radius 2 is 1.44 bits per heavy atom. The Labute approximate surface area is 316 Å². The maximum Gasteiger partial charge on any atom is 0.410 e. The van der Waals surface area contributed by atoms with Crippen molar-refractivity contribution in [2.24, 2.45) is 17.8 Å². The SMILES string of the molecule is COC(=O)N[C@H](C(=O)N1C[C@@H](C)C[C@H]1c1nc2ccc(-c3ccc4cc(-c5cnc([C@@H]6C[C@H](C)CN6C(=O)OC(C)(C)C)[nH]5)ccc4c3)cc2[nH]1)C(C)C. The minimum Gasteiger partial charge on any atom is -0.453 e. The maximum absolute atomic E-state index is 13.8. The fraction of sp³-hybridized carbons (Fsp3) is 0.452. The molecule has 2 aromatic heterocycles. The number of aromatic nitrogens is 4. The summed E-state index contributed by atoms with van der Waals surface area (Å²) in [4.78, 5) is 59.1. The Hall–Kier alpha value is -5.39. The molecule has 4 heterocycles. The number of aromatic amines is 2. The number of hydrogen-bond acceptors (Lipinski definition) is 7. The lowest BCUT2D eigenvalue weighted by Crippen LogP contribution is -2.51. The van der Waals surface area contributed by atoms with Gasteiger partial charge in [-0.05, 0) is 97.5 Å². The third-order valence-electron chi connectivity index (χ3n) is 10.5. The summed E-state index contributed by atoms with van der Waals surface area (Å²) in [5.41, 5.74) is 5.22. The van der Waals surface area contributed by atoms with Gasteiger partial charge in [-0.25, -0.2) is 19.6 Å². The highest BCUT2D eigenvalue weighted by atomic mass is 16.6. The number of H-pyrrole nitrogens is 2. The maximum atomic E-state index is 13.8. The van der Waals surface area contributed by atoms with Crippen molar-refractivity contribution in [3.63, 3.8) is 0 Å². The van der Waals surface area contributed by atoms with Crippen molar-refractivity contribution in [1.29, 1.82) is 0 Å². The van der Waals surface area contributed by atoms with Crippen LogP contribution in [0.25, 0.3) is 44.2 Å². The van der Waals surface area contributed by atoms with E-state index in [0.717, 1.165) is 68.7 Å². The van der Waals surface area contributed by atoms with Crippen LogP contribution in [0.5, 0.6) is 0 Å². The van der Waals surface area contributed by atoms with Crippen LogP contribution in [-0.4, -0.2) is 79.7 Å². The van der Waals surface area contributed by atoms with E-state index < -0.39 is 17.7 Å². The van der Waals surface area contributed by atoms with Gasteiger partial charge in [0.15, 0.2) is 0 Å². The number of fused-ring (bicyclic) bond motifs is 2. The van der Waals surface area contributed by atoms with Gasteiger partial charge in [0, 0.05) is 18.7 Å². The minimum atomic E-state index is -0.695. The summed E-state index contributed by atoms with van der Waals surface area (Å²) < 4.78 is 10.5. The molecule has 54 heavy (non-hydrogen) atoms. The van der Waals surface area contributed by atoms with Crippen LogP contribution in [0.15, 0.2) is 60.8 Å². The molecule has 0 bridgehead atoms. The second-order valence-electron chi connectivity index (χ2n) is 16.5. The van der Waals surface area contributed by atoms with Crippen LogP contribution in [0.3, 0.4) is 0 Å². The predicted molar refractivity (Wildman–Crippen MR) is 208 cm³/mol. The number of carbonyl (C=O) groups excluding carboxylic acids is 3. The van der Waals surface area contributed by atoms with Crippen molar-refractivity contribution in [1.82, 2.24) is 35.1 Å². The summed E-state index contributed by atoms with van der Waals surface area (Å²) in [6, 6.07) is 17.9. The van der Waals surface area contributed by atoms with Gasteiger partial charge < -0.3 is 29.7 Å². The van der Waals surface area contributed by atoms with Crippen molar-refractivity contribution < 1.29 is 23.9 Å². The number of alkyl carbamates (subject to hydrolysis) is 1. The molecule has 284 valence electrons. The van der Waals surface area contributed by atoms with Crippen LogP contribution in [-0.2, 0) is 14.3 Å². The van der Waals surface area contributed by atoms with Crippen LogP contribution in [0, 0.1) is 17.8 Å². The van der Waals surface area contributed by atoms with Gasteiger partial charge in [-0.3, -0.25) is 9.69 Å². The lowest BCUT2D eigenvalue weighted by molar-refractivity contribution is -0.135. The Morgan fingerprint density at radius 3 is 2.11 bits per heavy atom. The highest BCUT2D eigenvalue weighted by molar-refractivity contribution is 5.92. The minimum absolute atomic E-state index is 0.109. The zero-order chi connectivity index (χ0) is 38.5. The molecule has 7 rings (SSSR count). The molecule has 3 aromatic carbocycles. The second-order valence-corrected chi connectivity index (χ2v) is 16.5. The first kappa shape index (κ1) is 36.9. The normalized spacial score (nSPS) is 20.9. The lowest BCUT2D eigenvalue weighted by atomic mass is 9.99. The third-order valence-corrected chi connectivity index (χ3v) is 10.5. The van der Waals surface area contributed by atoms with Gasteiger partial charge in [-0.2, -0.15) is 0 Å². The summed E-state index contributed by atoms with van der Waals surface area (Å²) in [5.74, 6) is 1.90. The molecule has 5 atom stereocenters. The molecule has 0 saturated carbocycles. The largest absolute Gasteiger partial charge is 0.453 e. The van der Waals surface area contributed by atoms with E-state index >= 15 is 0 Å². The van der Waals surface area contributed by atoms with E-state index in [1.807, 2.05) is 51.8 Å². The molecule has 0 unspecified atom stereocenters. The molecule has 0 radical (unpaired) electrons. The molecule has 12 nitrogen and oxygen atoms in total. The first-order chi connectivity index (χ1) is 25.7. The number of carbonyl (C=O) groups is 3. The number of likely N-dealkylation sites (tertiary alicyclic amines) is 2. The fourth-order valence-electron chi connectivity index (χ4n) is 7.87. The first-order valence-corrected chi connectivity index (χ1v) is 18.9. The van der Waals surface area contributed by atoms with E-state index in [1.165, 1.54) is 7.11 Å². The highest BCUT2D eigenvalue weighted by Crippen LogP contribution is 2.38. The molecule has 2 aliphatic rings. The summed E-state index contributed by atoms with van der Waals surface area (Å²) in [6.45, 7) is 15.0. The molecule has 0 spiro atoms. The number of hydrogen-bond donors (Lipinski definition) is 3. The van der Waals surface area contributed by atoms with E-state index in [4.69, 9.17) is 19.4 Å². The van der Waals surface area contributed by atoms with Gasteiger partial charge in [0.2, 0.25) is 5.91 Å². The molecule has 2 saturated heterocycles. The van der Waals surface area contributed by atoms with Crippen LogP contribution >= 0.6 is 0 Å². The monoisotopic (exact) mass is 733 g/mol. The molecular weight excluding hydrogens is 683 g/mol. The van der Waals surface area contributed by atoms with Crippen LogP contribution in [0.2, 0.25) is 0 Å². The molecule has 12 heteroatoms. The number of amides is 3. The van der Waals surface area contributed by atoms with Crippen LogP contribution in [0.4, 0.5) is 9.59 Å². The van der Waals surface area contributed by atoms with E-state index in [0.29, 0.717) is 19.0 Å². The predicted octanol–water partition coefficient (Wildman–Crippen LogP) is 8.38. The quantitative estimate of drug-likeness (QED) is 0.152. The van der Waals surface area contributed by atoms with Gasteiger partial charge in [0.25, 0.3) is 0 Å². The second kappa shape index (κ2) is 14.4. The van der Waals surface area contributed by atoms with Crippen molar-refractivity contribution >= 4 is 39.9 Å². The number of benzene rings is 3. The van der Waals surface area contributed by atoms with E-state index in [2.05, 4.69) is 77.7 Å². The first-order valence-electron chi connectivity index (χ1n) is 18.9. The number of nitrogens with one attached hydrogen (secondary N) is 3. The van der Waals surface area contributed by atoms with Crippen molar-refractivity contribution in [2.75, 3.05) is 20.2 Å². The summed E-state index contributed by atoms with van der Waals surface area (Å²) in [5, 5.41) is 4.93. The zero-order valence-electron chi connectivity index (χ0n) is 32.4. The third kappa shape index (κ3) is 7.51. The van der Waals surface area contributed by atoms with E-state index in [1.54, 1.807) is 4.90 Å². The van der Waals surface area contributed by atoms with Gasteiger partial charge in [-0.1, -0.05) is 58.0 Å². The molecular formula is C42H51N7O5. The number of imidazole rings is 2. The highest BCUT2D eigenvalue weighted by Gasteiger charge is 2.41. The van der Waals surface area contributed by atoms with Crippen LogP contribution < -0.4 is 5.32 Å². The number of methoxy groups -OCH3 is 1. The van der Waals surface area contributed by atoms with Gasteiger partial charge in [0.1, 0.15) is 23.3 Å². The molecule has 0 aliphatic carbocycles. The average Bonchev–Trinajstić information content (AvgIpc) is 3.94. The summed E-state index contributed by atoms with van der Waals surface area (Å²) >= 11 is 0. The number of nitrogens with zero attached hydrogens (tertiary/aromatic N) is 4. The number of ether oxygens (including phenoxy) is 2. The van der Waals surface area contributed by atoms with E-state index in [9.17, 15) is 14.4 Å². The van der Waals surface area contributed by atoms with Gasteiger partial charge in [-0.15, -0.1) is 0 Å². The Balaban J connectivity index is 1.10. The molecule has 3 N–H and O–H groups in total. The Kier molecular flexibility index (Phi) is 9.89. The van der Waals surface area contributed by atoms with Crippen molar-refractivity contribution in [3.05, 3.63) is 72.4 Å². The Bertz CT molecular complexity index is 2200. The molecule has 2 aliphatic heterocycles. The molecule has 3 amide bonds. The number of rotatable bonds is 7. The molecule has 2 fully saturated rings. The zero-order valence-corrected chi connectivity index (χ0v) is 32.4. The van der Waals surface area contributed by atoms with Crippen molar-refractivity contribution in [3.8, 4) is 22.4 Å². The molecule has 5 aromatic rings. The average molecular weight is 734 g/mol. The lowest BCUT2D eigenvalue weighted by Gasteiger charge is -2.30. The van der Waals surface area contributed by atoms with Crippen LogP contribution in [0.1, 0.15) is 85.0 Å². The topological polar surface area (TPSA) is 146 Å². The Morgan fingerprint density at radius 1 is 0.833 bits per heavy atom. The van der Waals surface area contributed by atoms with Crippen molar-refractivity contribution in [2.45, 2.75) is 85.0 Å². The fourth-order valence-corrected chi connectivity index (χ4v) is 7.87. The van der Waals surface area contributed by atoms with Gasteiger partial charge in [0.05, 0.1) is 42.1 Å². The van der Waals surface area contributed by atoms with E-state index in [-0.39, 0.29) is 35.9 Å². The van der Waals surface area contributed by atoms with Gasteiger partial charge >= 0.3 is 12.2 Å². The standard InChI is InChI=1S/C42H51N7O5/c1-23(2)36(47-40(51)53-8)39(50)48-21-24(3)16-35(48)38-44-31-14-13-29(19-32(31)45-38)27-9-10-28-18-30(12-11-26(28)17-27)33-20-43-37(46-33)34-15-25(4)22-49(34)41(52)54-42(5,6)7/h9-14,17-20,23-25,34-36H,15-16,21-22H2,1-8H3,(H,43,46)(H,44,45)(H,47,51)/t24-,25-,34-,35-,36-/m0/s1. The smallest absolute Gasteiger partial charge is 0.410 e.